The number of aromatic amines is 1. The second-order valence-corrected chi connectivity index (χ2v) is 6.98. The van der Waals surface area contributed by atoms with Crippen molar-refractivity contribution in [1.82, 2.24) is 20.5 Å². The second-order valence-electron chi connectivity index (χ2n) is 5.84. The maximum atomic E-state index is 4.71. The van der Waals surface area contributed by atoms with Crippen LogP contribution < -0.4 is 10.2 Å². The lowest BCUT2D eigenvalue weighted by molar-refractivity contribution is 0.580. The number of nitrogens with one attached hydrogen (secondary N) is 2. The molecule has 0 spiro atoms. The Balaban J connectivity index is 1.57. The molecule has 3 heterocycles. The van der Waals surface area contributed by atoms with Crippen molar-refractivity contribution < 1.29 is 0 Å². The highest BCUT2D eigenvalue weighted by molar-refractivity contribution is 7.15. The Labute approximate surface area is 128 Å². The van der Waals surface area contributed by atoms with E-state index in [9.17, 15) is 0 Å². The summed E-state index contributed by atoms with van der Waals surface area (Å²) in [5, 5.41) is 10.9. The molecule has 6 heteroatoms. The molecule has 0 aromatic carbocycles. The fourth-order valence-electron chi connectivity index (χ4n) is 3.15. The zero-order valence-corrected chi connectivity index (χ0v) is 13.0. The van der Waals surface area contributed by atoms with Crippen LogP contribution in [-0.4, -0.2) is 41.4 Å². The van der Waals surface area contributed by atoms with Crippen molar-refractivity contribution in [2.24, 2.45) is 0 Å². The fraction of sp³-hybridized carbons (Fsp3) is 0.600. The van der Waals surface area contributed by atoms with Crippen molar-refractivity contribution in [1.29, 1.82) is 0 Å². The van der Waals surface area contributed by atoms with Gasteiger partial charge in [0.1, 0.15) is 0 Å². The van der Waals surface area contributed by atoms with Crippen LogP contribution in [0.2, 0.25) is 0 Å². The van der Waals surface area contributed by atoms with Crippen LogP contribution in [0.1, 0.15) is 29.7 Å². The summed E-state index contributed by atoms with van der Waals surface area (Å²) in [5.41, 5.74) is 1.53. The van der Waals surface area contributed by atoms with E-state index in [1.165, 1.54) is 42.5 Å². The molecule has 1 aliphatic carbocycles. The summed E-state index contributed by atoms with van der Waals surface area (Å²) in [6.45, 7) is 3.99. The van der Waals surface area contributed by atoms with Crippen LogP contribution in [0, 0.1) is 0 Å². The minimum absolute atomic E-state index is 0.843. The molecule has 2 N–H and O–H groups in total. The van der Waals surface area contributed by atoms with Crippen molar-refractivity contribution in [2.75, 3.05) is 31.1 Å². The molecule has 5 nitrogen and oxygen atoms in total. The van der Waals surface area contributed by atoms with Crippen molar-refractivity contribution in [3.05, 3.63) is 16.5 Å². The van der Waals surface area contributed by atoms with E-state index in [4.69, 9.17) is 4.98 Å². The second kappa shape index (κ2) is 5.77. The molecule has 0 unspecified atom stereocenters. The van der Waals surface area contributed by atoms with Crippen LogP contribution in [0.15, 0.2) is 6.07 Å². The molecule has 2 aromatic heterocycles. The summed E-state index contributed by atoms with van der Waals surface area (Å²) < 4.78 is 0. The maximum absolute atomic E-state index is 4.71. The van der Waals surface area contributed by atoms with E-state index >= 15 is 0 Å². The van der Waals surface area contributed by atoms with Gasteiger partial charge in [-0.3, -0.25) is 5.10 Å². The van der Waals surface area contributed by atoms with Crippen LogP contribution >= 0.6 is 11.3 Å². The topological polar surface area (TPSA) is 56.8 Å². The van der Waals surface area contributed by atoms with Gasteiger partial charge < -0.3 is 10.2 Å². The first-order chi connectivity index (χ1) is 10.4. The molecule has 21 heavy (non-hydrogen) atoms. The number of piperazine rings is 1. The van der Waals surface area contributed by atoms with Gasteiger partial charge in [0.15, 0.2) is 5.82 Å². The first-order valence-corrected chi connectivity index (χ1v) is 8.72. The van der Waals surface area contributed by atoms with Gasteiger partial charge in [0.2, 0.25) is 5.95 Å². The molecule has 4 rings (SSSR count). The van der Waals surface area contributed by atoms with E-state index in [0.29, 0.717) is 0 Å². The zero-order chi connectivity index (χ0) is 14.1. The number of hydrogen-bond acceptors (Lipinski definition) is 5. The Kier molecular flexibility index (Phi) is 3.65. The maximum Gasteiger partial charge on any atom is 0.245 e. The Morgan fingerprint density at radius 1 is 1.10 bits per heavy atom. The van der Waals surface area contributed by atoms with Crippen LogP contribution in [0.5, 0.6) is 0 Å². The number of rotatable bonds is 2. The van der Waals surface area contributed by atoms with E-state index in [1.54, 1.807) is 4.88 Å². The Hall–Kier alpha value is -1.40. The average molecular weight is 303 g/mol. The van der Waals surface area contributed by atoms with Crippen LogP contribution in [0.3, 0.4) is 0 Å². The number of nitrogens with zero attached hydrogens (tertiary/aromatic N) is 3. The predicted octanol–water partition coefficient (Wildman–Crippen LogP) is 2.21. The molecule has 0 saturated carbocycles. The molecule has 0 radical (unpaired) electrons. The van der Waals surface area contributed by atoms with Crippen LogP contribution in [-0.2, 0) is 12.8 Å². The van der Waals surface area contributed by atoms with Gasteiger partial charge >= 0.3 is 0 Å². The minimum Gasteiger partial charge on any atom is -0.337 e. The van der Waals surface area contributed by atoms with Gasteiger partial charge in [0.25, 0.3) is 0 Å². The molecule has 1 fully saturated rings. The highest BCUT2D eigenvalue weighted by Gasteiger charge is 2.18. The van der Waals surface area contributed by atoms with Gasteiger partial charge in [-0.15, -0.1) is 16.4 Å². The molecule has 0 bridgehead atoms. The van der Waals surface area contributed by atoms with Crippen molar-refractivity contribution in [3.63, 3.8) is 0 Å². The Bertz CT molecular complexity index is 588. The number of anilines is 1. The summed E-state index contributed by atoms with van der Waals surface area (Å²) in [4.78, 5) is 9.76. The molecule has 1 saturated heterocycles. The third-order valence-electron chi connectivity index (χ3n) is 4.35. The summed E-state index contributed by atoms with van der Waals surface area (Å²) >= 11 is 1.90. The Morgan fingerprint density at radius 2 is 1.95 bits per heavy atom. The van der Waals surface area contributed by atoms with E-state index in [1.807, 2.05) is 11.3 Å². The minimum atomic E-state index is 0.843. The third-order valence-corrected chi connectivity index (χ3v) is 5.60. The van der Waals surface area contributed by atoms with Gasteiger partial charge in [-0.1, -0.05) is 6.42 Å². The number of hydrogen-bond donors (Lipinski definition) is 2. The van der Waals surface area contributed by atoms with E-state index in [-0.39, 0.29) is 0 Å². The van der Waals surface area contributed by atoms with Crippen molar-refractivity contribution in [3.8, 4) is 10.7 Å². The first-order valence-electron chi connectivity index (χ1n) is 7.90. The number of aryl methyl sites for hydroxylation is 2. The highest BCUT2D eigenvalue weighted by atomic mass is 32.1. The average Bonchev–Trinajstić information content (AvgIpc) is 3.11. The predicted molar refractivity (Wildman–Crippen MR) is 86.0 cm³/mol. The van der Waals surface area contributed by atoms with E-state index < -0.39 is 0 Å². The van der Waals surface area contributed by atoms with Gasteiger partial charge in [-0.05, 0) is 37.3 Å². The van der Waals surface area contributed by atoms with Gasteiger partial charge in [-0.2, -0.15) is 4.98 Å². The summed E-state index contributed by atoms with van der Waals surface area (Å²) in [6.07, 6.45) is 6.48. The Morgan fingerprint density at radius 3 is 2.86 bits per heavy atom. The molecule has 0 atom stereocenters. The van der Waals surface area contributed by atoms with Gasteiger partial charge in [0, 0.05) is 31.1 Å². The zero-order valence-electron chi connectivity index (χ0n) is 12.2. The molecule has 1 aliphatic heterocycles. The van der Waals surface area contributed by atoms with E-state index in [2.05, 4.69) is 26.5 Å². The van der Waals surface area contributed by atoms with Crippen molar-refractivity contribution >= 4 is 17.3 Å². The lowest BCUT2D eigenvalue weighted by atomic mass is 10.1. The molecule has 112 valence electrons. The summed E-state index contributed by atoms with van der Waals surface area (Å²) in [5.74, 6) is 1.77. The number of aromatic nitrogens is 3. The molecular formula is C15H21N5S. The molecule has 2 aromatic rings. The lowest BCUT2D eigenvalue weighted by Gasteiger charge is -2.25. The summed E-state index contributed by atoms with van der Waals surface area (Å²) in [6, 6.07) is 2.33. The van der Waals surface area contributed by atoms with Gasteiger partial charge in [0.05, 0.1) is 4.88 Å². The number of H-pyrrole nitrogens is 1. The first kappa shape index (κ1) is 13.3. The van der Waals surface area contributed by atoms with Crippen molar-refractivity contribution in [2.45, 2.75) is 32.1 Å². The number of thiophene rings is 1. The summed E-state index contributed by atoms with van der Waals surface area (Å²) in [7, 11) is 0. The van der Waals surface area contributed by atoms with Crippen LogP contribution in [0.25, 0.3) is 10.7 Å². The largest absolute Gasteiger partial charge is 0.337 e. The normalized spacial score (nSPS) is 19.3. The SMILES string of the molecule is c1c(-c2nc(N3CCNCC3)n[nH]2)sc2c1CCCCC2. The molecule has 0 amide bonds. The molecule has 2 aliphatic rings. The standard InChI is InChI=1S/C15H21N5S/c1-2-4-11-10-13(21-12(11)5-3-1)14-17-15(19-18-14)20-8-6-16-7-9-20/h10,16H,1-9H2,(H,17,18,19). The quantitative estimate of drug-likeness (QED) is 0.835. The van der Waals surface area contributed by atoms with E-state index in [0.717, 1.165) is 38.0 Å². The smallest absolute Gasteiger partial charge is 0.245 e. The third kappa shape index (κ3) is 2.70. The molecular weight excluding hydrogens is 282 g/mol. The monoisotopic (exact) mass is 303 g/mol. The van der Waals surface area contributed by atoms with Gasteiger partial charge in [-0.25, -0.2) is 0 Å². The lowest BCUT2D eigenvalue weighted by Crippen LogP contribution is -2.44. The highest BCUT2D eigenvalue weighted by Crippen LogP contribution is 2.34. The van der Waals surface area contributed by atoms with Crippen LogP contribution in [0.4, 0.5) is 5.95 Å². The fourth-order valence-corrected chi connectivity index (χ4v) is 4.35. The number of fused-ring (bicyclic) bond motifs is 1.